The minimum atomic E-state index is 0.0852. The molecule has 0 bridgehead atoms. The quantitative estimate of drug-likeness (QED) is 0.494. The molecule has 1 aromatic carbocycles. The summed E-state index contributed by atoms with van der Waals surface area (Å²) in [6.07, 6.45) is 11.5. The molecule has 1 aromatic rings. The summed E-state index contributed by atoms with van der Waals surface area (Å²) in [5.41, 5.74) is 6.19. The molecule has 158 valence electrons. The number of Topliss-reactive ketones (excluding diaryl/α,β-unsaturated/α-hetero) is 1. The number of fused-ring (bicyclic) bond motifs is 1. The molecule has 2 heterocycles. The summed E-state index contributed by atoms with van der Waals surface area (Å²) in [5, 5.41) is 5.68. The van der Waals surface area contributed by atoms with E-state index in [0.717, 1.165) is 58.8 Å². The smallest absolute Gasteiger partial charge is 0.200 e. The summed E-state index contributed by atoms with van der Waals surface area (Å²) in [6.45, 7) is 4.45. The van der Waals surface area contributed by atoms with Crippen LogP contribution in [0.1, 0.15) is 61.9 Å². The van der Waals surface area contributed by atoms with Gasteiger partial charge in [-0.05, 0) is 54.9 Å². The Morgan fingerprint density at radius 2 is 2.07 bits per heavy atom. The van der Waals surface area contributed by atoms with E-state index in [2.05, 4.69) is 36.5 Å². The number of benzene rings is 1. The van der Waals surface area contributed by atoms with Gasteiger partial charge in [-0.25, -0.2) is 0 Å². The second kappa shape index (κ2) is 9.80. The monoisotopic (exact) mass is 458 g/mol. The highest BCUT2D eigenvalue weighted by Gasteiger charge is 2.27. The molecule has 3 atom stereocenters. The van der Waals surface area contributed by atoms with Crippen molar-refractivity contribution in [1.82, 2.24) is 5.43 Å². The van der Waals surface area contributed by atoms with E-state index in [1.165, 1.54) is 16.7 Å². The number of thioether (sulfide) groups is 2. The van der Waals surface area contributed by atoms with Crippen molar-refractivity contribution < 1.29 is 4.79 Å². The second-order valence-electron chi connectivity index (χ2n) is 7.81. The second-order valence-corrected chi connectivity index (χ2v) is 11.0. The van der Waals surface area contributed by atoms with Crippen molar-refractivity contribution >= 4 is 51.5 Å². The Morgan fingerprint density at radius 1 is 1.27 bits per heavy atom. The number of allylic oxidation sites excluding steroid dienone is 5. The molecule has 0 saturated carbocycles. The molecule has 3 nitrogen and oxygen atoms in total. The first-order chi connectivity index (χ1) is 14.6. The first-order valence-electron chi connectivity index (χ1n) is 10.7. The highest BCUT2D eigenvalue weighted by atomic mass is 35.5. The summed E-state index contributed by atoms with van der Waals surface area (Å²) < 4.78 is 0.0968. The molecule has 0 fully saturated rings. The van der Waals surface area contributed by atoms with Gasteiger partial charge in [-0.15, -0.1) is 23.4 Å². The fourth-order valence-corrected chi connectivity index (χ4v) is 6.42. The largest absolute Gasteiger partial charge is 0.306 e. The van der Waals surface area contributed by atoms with Gasteiger partial charge in [0.25, 0.3) is 0 Å². The lowest BCUT2D eigenvalue weighted by Gasteiger charge is -2.21. The van der Waals surface area contributed by atoms with E-state index in [1.54, 1.807) is 11.8 Å². The van der Waals surface area contributed by atoms with Crippen LogP contribution in [0.5, 0.6) is 0 Å². The Morgan fingerprint density at radius 3 is 2.77 bits per heavy atom. The van der Waals surface area contributed by atoms with Gasteiger partial charge in [0.2, 0.25) is 0 Å². The van der Waals surface area contributed by atoms with Gasteiger partial charge in [0, 0.05) is 16.5 Å². The molecule has 4 rings (SSSR count). The third-order valence-corrected chi connectivity index (χ3v) is 8.41. The van der Waals surface area contributed by atoms with Gasteiger partial charge < -0.3 is 5.43 Å². The van der Waals surface area contributed by atoms with Crippen molar-refractivity contribution in [3.63, 3.8) is 0 Å². The highest BCUT2D eigenvalue weighted by Crippen LogP contribution is 2.41. The van der Waals surface area contributed by atoms with Crippen molar-refractivity contribution in [1.29, 1.82) is 0 Å². The van der Waals surface area contributed by atoms with E-state index in [1.807, 2.05) is 30.3 Å². The Hall–Kier alpha value is -1.43. The first kappa shape index (κ1) is 21.8. The molecule has 0 radical (unpaired) electrons. The maximum absolute atomic E-state index is 13.2. The normalized spacial score (nSPS) is 27.7. The average Bonchev–Trinajstić information content (AvgIpc) is 3.06. The lowest BCUT2D eigenvalue weighted by atomic mass is 9.91. The van der Waals surface area contributed by atoms with Gasteiger partial charge in [-0.1, -0.05) is 62.4 Å². The number of carbonyl (C=O) groups is 1. The summed E-state index contributed by atoms with van der Waals surface area (Å²) in [7, 11) is 0. The molecule has 3 aliphatic rings. The third-order valence-electron chi connectivity index (χ3n) is 5.90. The maximum atomic E-state index is 13.2. The highest BCUT2D eigenvalue weighted by molar-refractivity contribution is 8.18. The molecule has 0 amide bonds. The summed E-state index contributed by atoms with van der Waals surface area (Å²) in [4.78, 5) is 15.1. The number of halogens is 1. The maximum Gasteiger partial charge on any atom is 0.200 e. The van der Waals surface area contributed by atoms with Crippen LogP contribution in [-0.2, 0) is 0 Å². The SMILES string of the molecule is CCC1CCC(SC2=CC(=CC3=CCC(Cl)S3)c3ccccc3C2=O)=NNC1CC. The number of carbonyl (C=O) groups excluding carboxylic acids is 1. The molecule has 30 heavy (non-hydrogen) atoms. The Balaban J connectivity index is 1.62. The Bertz CT molecular complexity index is 950. The zero-order chi connectivity index (χ0) is 21.1. The fourth-order valence-electron chi connectivity index (χ4n) is 4.18. The Kier molecular flexibility index (Phi) is 7.12. The van der Waals surface area contributed by atoms with Crippen molar-refractivity contribution in [2.24, 2.45) is 11.0 Å². The van der Waals surface area contributed by atoms with Crippen LogP contribution in [0.3, 0.4) is 0 Å². The van der Waals surface area contributed by atoms with Crippen LogP contribution in [-0.4, -0.2) is 21.6 Å². The van der Waals surface area contributed by atoms with E-state index >= 15 is 0 Å². The number of alkyl halides is 1. The van der Waals surface area contributed by atoms with Gasteiger partial charge in [0.15, 0.2) is 5.78 Å². The van der Waals surface area contributed by atoms with Crippen molar-refractivity contribution in [2.75, 3.05) is 0 Å². The molecule has 1 aliphatic carbocycles. The fraction of sp³-hybridized carbons (Fsp3) is 0.417. The molecule has 1 N–H and O–H groups in total. The van der Waals surface area contributed by atoms with Crippen LogP contribution >= 0.6 is 35.1 Å². The van der Waals surface area contributed by atoms with Crippen LogP contribution in [0.25, 0.3) is 5.57 Å². The predicted molar refractivity (Wildman–Crippen MR) is 132 cm³/mol. The standard InChI is InChI=1S/C24H27ClN2OS2/c1-3-15-9-12-23(27-26-20(15)4-2)30-21-14-16(13-17-10-11-22(25)29-17)18-7-5-6-8-19(18)24(21)28/h5-8,10,13-15,20,22,26H,3-4,9,11-12H2,1-2H3. The number of rotatable bonds is 4. The lowest BCUT2D eigenvalue weighted by molar-refractivity contribution is 0.104. The third kappa shape index (κ3) is 4.74. The van der Waals surface area contributed by atoms with Crippen LogP contribution in [0.4, 0.5) is 0 Å². The van der Waals surface area contributed by atoms with Crippen LogP contribution in [0.15, 0.2) is 57.4 Å². The molecule has 3 unspecified atom stereocenters. The summed E-state index contributed by atoms with van der Waals surface area (Å²) >= 11 is 9.45. The Labute approximate surface area is 192 Å². The van der Waals surface area contributed by atoms with E-state index in [-0.39, 0.29) is 10.5 Å². The molecular formula is C24H27ClN2OS2. The van der Waals surface area contributed by atoms with Gasteiger partial charge >= 0.3 is 0 Å². The van der Waals surface area contributed by atoms with Gasteiger partial charge in [-0.3, -0.25) is 4.79 Å². The molecular weight excluding hydrogens is 432 g/mol. The van der Waals surface area contributed by atoms with E-state index in [4.69, 9.17) is 11.6 Å². The zero-order valence-electron chi connectivity index (χ0n) is 17.4. The van der Waals surface area contributed by atoms with E-state index < -0.39 is 0 Å². The predicted octanol–water partition coefficient (Wildman–Crippen LogP) is 6.97. The number of hydrazone groups is 1. The lowest BCUT2D eigenvalue weighted by Crippen LogP contribution is -2.30. The van der Waals surface area contributed by atoms with Crippen molar-refractivity contribution in [3.05, 3.63) is 63.4 Å². The van der Waals surface area contributed by atoms with Crippen LogP contribution in [0, 0.1) is 5.92 Å². The van der Waals surface area contributed by atoms with Gasteiger partial charge in [0.1, 0.15) is 0 Å². The van der Waals surface area contributed by atoms with E-state index in [9.17, 15) is 4.79 Å². The van der Waals surface area contributed by atoms with Crippen LogP contribution < -0.4 is 5.43 Å². The minimum absolute atomic E-state index is 0.0852. The average molecular weight is 459 g/mol. The van der Waals surface area contributed by atoms with Crippen molar-refractivity contribution in [2.45, 2.75) is 56.7 Å². The van der Waals surface area contributed by atoms with E-state index in [0.29, 0.717) is 12.0 Å². The summed E-state index contributed by atoms with van der Waals surface area (Å²) in [5.74, 6) is 0.709. The van der Waals surface area contributed by atoms with Gasteiger partial charge in [0.05, 0.1) is 14.7 Å². The molecule has 0 spiro atoms. The number of nitrogens with zero attached hydrogens (tertiary/aromatic N) is 1. The zero-order valence-corrected chi connectivity index (χ0v) is 19.7. The van der Waals surface area contributed by atoms with Crippen LogP contribution in [0.2, 0.25) is 0 Å². The molecule has 0 aromatic heterocycles. The minimum Gasteiger partial charge on any atom is -0.306 e. The number of hydrogen-bond acceptors (Lipinski definition) is 5. The molecule has 0 saturated heterocycles. The number of hydrogen-bond donors (Lipinski definition) is 1. The number of nitrogens with one attached hydrogen (secondary N) is 1. The number of ketones is 1. The van der Waals surface area contributed by atoms with Crippen molar-refractivity contribution in [3.8, 4) is 0 Å². The first-order valence-corrected chi connectivity index (χ1v) is 12.8. The molecule has 6 heteroatoms. The summed E-state index contributed by atoms with van der Waals surface area (Å²) in [6, 6.07) is 8.28. The molecule has 2 aliphatic heterocycles. The topological polar surface area (TPSA) is 41.5 Å². The van der Waals surface area contributed by atoms with Gasteiger partial charge in [-0.2, -0.15) is 5.10 Å².